The van der Waals surface area contributed by atoms with E-state index in [1.807, 2.05) is 6.92 Å². The molecular formula is C9H15N3O2S. The van der Waals surface area contributed by atoms with Gasteiger partial charge < -0.3 is 10.5 Å². The lowest BCUT2D eigenvalue weighted by atomic mass is 10.3. The lowest BCUT2D eigenvalue weighted by molar-refractivity contribution is 0.0512. The van der Waals surface area contributed by atoms with Crippen LogP contribution in [0.1, 0.15) is 23.1 Å². The normalized spacial score (nSPS) is 12.5. The van der Waals surface area contributed by atoms with Crippen LogP contribution in [0.2, 0.25) is 0 Å². The van der Waals surface area contributed by atoms with Crippen molar-refractivity contribution >= 4 is 18.6 Å². The summed E-state index contributed by atoms with van der Waals surface area (Å²) in [6, 6.07) is 1.67. The summed E-state index contributed by atoms with van der Waals surface area (Å²) in [5.41, 5.74) is 6.70. The van der Waals surface area contributed by atoms with Gasteiger partial charge in [0.05, 0.1) is 24.2 Å². The van der Waals surface area contributed by atoms with Crippen LogP contribution in [-0.4, -0.2) is 27.7 Å². The average molecular weight is 229 g/mol. The molecule has 0 amide bonds. The van der Waals surface area contributed by atoms with E-state index in [2.05, 4.69) is 17.7 Å². The predicted molar refractivity (Wildman–Crippen MR) is 59.9 cm³/mol. The molecule has 0 bridgehead atoms. The molecule has 1 unspecified atom stereocenters. The number of ether oxygens (including phenoxy) is 1. The Labute approximate surface area is 94.0 Å². The summed E-state index contributed by atoms with van der Waals surface area (Å²) < 4.78 is 6.42. The second-order valence-electron chi connectivity index (χ2n) is 3.14. The van der Waals surface area contributed by atoms with Crippen LogP contribution in [0.4, 0.5) is 0 Å². The van der Waals surface area contributed by atoms with Crippen molar-refractivity contribution in [1.29, 1.82) is 0 Å². The number of carbonyl (C=O) groups excluding carboxylic acids is 1. The lowest BCUT2D eigenvalue weighted by Gasteiger charge is -2.08. The third kappa shape index (κ3) is 3.24. The Hall–Kier alpha value is -1.01. The van der Waals surface area contributed by atoms with Gasteiger partial charge in [-0.25, -0.2) is 4.79 Å². The second-order valence-corrected chi connectivity index (χ2v) is 3.80. The highest BCUT2D eigenvalue weighted by atomic mass is 32.1. The fraction of sp³-hybridized carbons (Fsp3) is 0.556. The highest BCUT2D eigenvalue weighted by Gasteiger charge is 2.15. The van der Waals surface area contributed by atoms with Crippen LogP contribution >= 0.6 is 12.6 Å². The van der Waals surface area contributed by atoms with Crippen molar-refractivity contribution in [2.24, 2.45) is 5.73 Å². The predicted octanol–water partition coefficient (Wildman–Crippen LogP) is 0.583. The molecule has 0 spiro atoms. The number of aryl methyl sites for hydroxylation is 1. The first kappa shape index (κ1) is 12.1. The van der Waals surface area contributed by atoms with Crippen molar-refractivity contribution in [3.8, 4) is 0 Å². The summed E-state index contributed by atoms with van der Waals surface area (Å²) in [5.74, 6) is -0.382. The van der Waals surface area contributed by atoms with Crippen LogP contribution in [0.15, 0.2) is 6.07 Å². The van der Waals surface area contributed by atoms with E-state index in [9.17, 15) is 4.79 Å². The van der Waals surface area contributed by atoms with Gasteiger partial charge >= 0.3 is 5.97 Å². The Kier molecular flexibility index (Phi) is 4.16. The van der Waals surface area contributed by atoms with E-state index in [0.29, 0.717) is 18.8 Å². The van der Waals surface area contributed by atoms with Gasteiger partial charge in [0.1, 0.15) is 5.69 Å². The summed E-state index contributed by atoms with van der Waals surface area (Å²) in [7, 11) is 0. The van der Waals surface area contributed by atoms with E-state index in [-0.39, 0.29) is 11.3 Å². The van der Waals surface area contributed by atoms with Crippen molar-refractivity contribution in [2.75, 3.05) is 6.61 Å². The number of nitrogens with zero attached hydrogens (tertiary/aromatic N) is 2. The third-order valence-corrected chi connectivity index (χ3v) is 1.91. The van der Waals surface area contributed by atoms with Gasteiger partial charge in [-0.05, 0) is 19.9 Å². The quantitative estimate of drug-likeness (QED) is 0.450. The van der Waals surface area contributed by atoms with Crippen LogP contribution in [0.25, 0.3) is 0 Å². The number of esters is 1. The van der Waals surface area contributed by atoms with Crippen LogP contribution in [0.5, 0.6) is 0 Å². The summed E-state index contributed by atoms with van der Waals surface area (Å²) in [6.45, 7) is 4.29. The van der Waals surface area contributed by atoms with Gasteiger partial charge in [0.15, 0.2) is 0 Å². The fourth-order valence-corrected chi connectivity index (χ4v) is 1.39. The van der Waals surface area contributed by atoms with Crippen LogP contribution in [0, 0.1) is 6.92 Å². The third-order valence-electron chi connectivity index (χ3n) is 1.75. The molecule has 0 aliphatic carbocycles. The molecule has 0 aliphatic heterocycles. The molecule has 0 fully saturated rings. The van der Waals surface area contributed by atoms with Crippen LogP contribution in [-0.2, 0) is 11.3 Å². The molecule has 6 heteroatoms. The number of rotatable bonds is 4. The van der Waals surface area contributed by atoms with Crippen molar-refractivity contribution in [3.63, 3.8) is 0 Å². The number of hydrogen-bond acceptors (Lipinski definition) is 5. The summed E-state index contributed by atoms with van der Waals surface area (Å²) >= 11 is 4.05. The number of hydrogen-bond donors (Lipinski definition) is 2. The first-order valence-corrected chi connectivity index (χ1v) is 5.21. The highest BCUT2D eigenvalue weighted by molar-refractivity contribution is 7.80. The van der Waals surface area contributed by atoms with E-state index in [1.54, 1.807) is 13.0 Å². The molecule has 1 aromatic rings. The Morgan fingerprint density at radius 3 is 3.00 bits per heavy atom. The molecule has 1 aromatic heterocycles. The zero-order valence-corrected chi connectivity index (χ0v) is 9.70. The monoisotopic (exact) mass is 229 g/mol. The minimum absolute atomic E-state index is 0.343. The Morgan fingerprint density at radius 2 is 2.47 bits per heavy atom. The molecule has 1 heterocycles. The Morgan fingerprint density at radius 1 is 1.80 bits per heavy atom. The lowest BCUT2D eigenvalue weighted by Crippen LogP contribution is -2.23. The summed E-state index contributed by atoms with van der Waals surface area (Å²) in [5, 5.41) is 3.79. The Bertz CT molecular complexity index is 349. The Balaban J connectivity index is 2.90. The largest absolute Gasteiger partial charge is 0.461 e. The maximum atomic E-state index is 11.5. The minimum Gasteiger partial charge on any atom is -0.461 e. The van der Waals surface area contributed by atoms with Gasteiger partial charge in [-0.15, -0.1) is 0 Å². The molecule has 0 radical (unpaired) electrons. The number of nitrogens with two attached hydrogens (primary N) is 1. The highest BCUT2D eigenvalue weighted by Crippen LogP contribution is 2.07. The van der Waals surface area contributed by atoms with E-state index in [0.717, 1.165) is 5.69 Å². The van der Waals surface area contributed by atoms with Gasteiger partial charge in [0.2, 0.25) is 0 Å². The second kappa shape index (κ2) is 5.18. The molecule has 15 heavy (non-hydrogen) atoms. The molecule has 1 atom stereocenters. The average Bonchev–Trinajstić information content (AvgIpc) is 2.46. The van der Waals surface area contributed by atoms with Crippen LogP contribution in [0.3, 0.4) is 0 Å². The SMILES string of the molecule is CCOC(=O)c1cc(C)nn1CC(N)S. The molecule has 1 rings (SSSR count). The zero-order valence-electron chi connectivity index (χ0n) is 8.80. The first-order valence-electron chi connectivity index (χ1n) is 4.69. The van der Waals surface area contributed by atoms with Gasteiger partial charge in [0.25, 0.3) is 0 Å². The maximum absolute atomic E-state index is 11.5. The van der Waals surface area contributed by atoms with E-state index < -0.39 is 0 Å². The van der Waals surface area contributed by atoms with Gasteiger partial charge in [-0.1, -0.05) is 0 Å². The minimum atomic E-state index is -0.382. The maximum Gasteiger partial charge on any atom is 0.356 e. The molecule has 5 nitrogen and oxygen atoms in total. The summed E-state index contributed by atoms with van der Waals surface area (Å²) in [4.78, 5) is 11.5. The molecule has 0 aliphatic rings. The topological polar surface area (TPSA) is 70.1 Å². The fourth-order valence-electron chi connectivity index (χ4n) is 1.23. The van der Waals surface area contributed by atoms with E-state index in [1.165, 1.54) is 4.68 Å². The van der Waals surface area contributed by atoms with E-state index >= 15 is 0 Å². The van der Waals surface area contributed by atoms with Gasteiger partial charge in [-0.3, -0.25) is 4.68 Å². The molecule has 2 N–H and O–H groups in total. The van der Waals surface area contributed by atoms with Crippen LogP contribution < -0.4 is 5.73 Å². The molecule has 0 aromatic carbocycles. The smallest absolute Gasteiger partial charge is 0.356 e. The zero-order chi connectivity index (χ0) is 11.4. The standard InChI is InChI=1S/C9H15N3O2S/c1-3-14-9(13)7-4-6(2)11-12(7)5-8(10)15/h4,8,15H,3,5,10H2,1-2H3. The number of thiol groups is 1. The molecule has 0 saturated heterocycles. The van der Waals surface area contributed by atoms with Crippen molar-refractivity contribution in [1.82, 2.24) is 9.78 Å². The van der Waals surface area contributed by atoms with Crippen molar-refractivity contribution < 1.29 is 9.53 Å². The van der Waals surface area contributed by atoms with E-state index in [4.69, 9.17) is 10.5 Å². The number of carbonyl (C=O) groups is 1. The number of aromatic nitrogens is 2. The summed E-state index contributed by atoms with van der Waals surface area (Å²) in [6.07, 6.45) is 0. The van der Waals surface area contributed by atoms with Crippen molar-refractivity contribution in [3.05, 3.63) is 17.5 Å². The first-order chi connectivity index (χ1) is 7.04. The van der Waals surface area contributed by atoms with Gasteiger partial charge in [0, 0.05) is 0 Å². The van der Waals surface area contributed by atoms with Crippen molar-refractivity contribution in [2.45, 2.75) is 25.8 Å². The molecular weight excluding hydrogens is 214 g/mol. The van der Waals surface area contributed by atoms with Gasteiger partial charge in [-0.2, -0.15) is 17.7 Å². The molecule has 84 valence electrons. The molecule has 0 saturated carbocycles.